The van der Waals surface area contributed by atoms with E-state index in [-0.39, 0.29) is 0 Å². The zero-order chi connectivity index (χ0) is 9.68. The highest BCUT2D eigenvalue weighted by atomic mass is 16.5. The second-order valence-electron chi connectivity index (χ2n) is 3.54. The molecule has 0 bridgehead atoms. The minimum Gasteiger partial charge on any atom is -0.373 e. The van der Waals surface area contributed by atoms with Crippen molar-refractivity contribution in [3.05, 3.63) is 12.2 Å². The summed E-state index contributed by atoms with van der Waals surface area (Å²) in [5.41, 5.74) is 5.40. The van der Waals surface area contributed by atoms with Crippen LogP contribution in [0.15, 0.2) is 12.2 Å². The molecule has 1 aliphatic carbocycles. The van der Waals surface area contributed by atoms with Gasteiger partial charge in [0.1, 0.15) is 0 Å². The summed E-state index contributed by atoms with van der Waals surface area (Å²) >= 11 is 0. The van der Waals surface area contributed by atoms with Gasteiger partial charge in [-0.1, -0.05) is 25.8 Å². The minimum atomic E-state index is -0.462. The number of hydrogen-bond donors (Lipinski definition) is 1. The highest BCUT2D eigenvalue weighted by Gasteiger charge is 2.14. The number of carbonyl (C=O) groups excluding carboxylic acids is 1. The summed E-state index contributed by atoms with van der Waals surface area (Å²) in [6, 6.07) is 0. The number of nitrogens with two attached hydrogens (primary N) is 1. The Morgan fingerprint density at radius 2 is 2.00 bits per heavy atom. The molecule has 13 heavy (non-hydrogen) atoms. The van der Waals surface area contributed by atoms with E-state index in [0.717, 1.165) is 12.8 Å². The van der Waals surface area contributed by atoms with Crippen LogP contribution in [0.4, 0.5) is 0 Å². The summed E-state index contributed by atoms with van der Waals surface area (Å²) in [6.07, 6.45) is 6.28. The van der Waals surface area contributed by atoms with Crippen molar-refractivity contribution < 1.29 is 9.53 Å². The second-order valence-corrected chi connectivity index (χ2v) is 3.54. The van der Waals surface area contributed by atoms with Crippen LogP contribution in [-0.2, 0) is 9.53 Å². The lowest BCUT2D eigenvalue weighted by atomic mass is 9.98. The molecule has 0 aromatic rings. The molecule has 0 unspecified atom stereocenters. The van der Waals surface area contributed by atoms with Gasteiger partial charge in [0, 0.05) is 5.57 Å². The van der Waals surface area contributed by atoms with Crippen LogP contribution in [0.25, 0.3) is 0 Å². The van der Waals surface area contributed by atoms with E-state index >= 15 is 0 Å². The van der Waals surface area contributed by atoms with Gasteiger partial charge in [-0.05, 0) is 12.8 Å². The summed E-state index contributed by atoms with van der Waals surface area (Å²) in [5, 5.41) is 0. The Morgan fingerprint density at radius 1 is 1.38 bits per heavy atom. The van der Waals surface area contributed by atoms with E-state index in [9.17, 15) is 4.79 Å². The van der Waals surface area contributed by atoms with Gasteiger partial charge in [-0.25, -0.2) is 0 Å². The summed E-state index contributed by atoms with van der Waals surface area (Å²) in [6.45, 7) is 3.83. The smallest absolute Gasteiger partial charge is 0.246 e. The Kier molecular flexibility index (Phi) is 3.96. The lowest BCUT2D eigenvalue weighted by Crippen LogP contribution is -2.22. The van der Waals surface area contributed by atoms with Crippen LogP contribution in [-0.4, -0.2) is 18.6 Å². The monoisotopic (exact) mass is 183 g/mol. The maximum Gasteiger partial charge on any atom is 0.246 e. The minimum absolute atomic E-state index is 0.292. The van der Waals surface area contributed by atoms with Gasteiger partial charge in [0.25, 0.3) is 0 Å². The Hall–Kier alpha value is -0.830. The number of hydrogen-bond acceptors (Lipinski definition) is 2. The quantitative estimate of drug-likeness (QED) is 0.669. The second kappa shape index (κ2) is 5.02. The van der Waals surface area contributed by atoms with Gasteiger partial charge in [0.2, 0.25) is 5.91 Å². The first-order chi connectivity index (χ1) is 6.20. The summed E-state index contributed by atoms with van der Waals surface area (Å²) in [5.74, 6) is -0.462. The molecule has 0 atom stereocenters. The zero-order valence-corrected chi connectivity index (χ0v) is 7.92. The third kappa shape index (κ3) is 3.59. The molecule has 2 N–H and O–H groups in total. The van der Waals surface area contributed by atoms with Gasteiger partial charge in [-0.15, -0.1) is 0 Å². The number of rotatable bonds is 4. The van der Waals surface area contributed by atoms with E-state index in [1.165, 1.54) is 19.3 Å². The SMILES string of the molecule is C=C(COC1CCCCC1)C(N)=O. The Morgan fingerprint density at radius 3 is 2.54 bits per heavy atom. The topological polar surface area (TPSA) is 52.3 Å². The molecule has 1 rings (SSSR count). The molecule has 0 radical (unpaired) electrons. The molecule has 0 spiro atoms. The third-order valence-electron chi connectivity index (χ3n) is 2.39. The number of primary amides is 1. The highest BCUT2D eigenvalue weighted by molar-refractivity contribution is 5.91. The summed E-state index contributed by atoms with van der Waals surface area (Å²) < 4.78 is 5.51. The Bertz CT molecular complexity index is 195. The fourth-order valence-electron chi connectivity index (χ4n) is 1.52. The first kappa shape index (κ1) is 10.3. The fraction of sp³-hybridized carbons (Fsp3) is 0.700. The van der Waals surface area contributed by atoms with Gasteiger partial charge >= 0.3 is 0 Å². The van der Waals surface area contributed by atoms with E-state index in [2.05, 4.69) is 6.58 Å². The molecule has 0 aromatic heterocycles. The zero-order valence-electron chi connectivity index (χ0n) is 7.92. The Balaban J connectivity index is 2.17. The van der Waals surface area contributed by atoms with Crippen LogP contribution in [0.5, 0.6) is 0 Å². The largest absolute Gasteiger partial charge is 0.373 e. The predicted molar refractivity (Wildman–Crippen MR) is 51.2 cm³/mol. The standard InChI is InChI=1S/C10H17NO2/c1-8(10(11)12)7-13-9-5-3-2-4-6-9/h9H,1-7H2,(H2,11,12). The van der Waals surface area contributed by atoms with Gasteiger partial charge in [0.05, 0.1) is 12.7 Å². The van der Waals surface area contributed by atoms with Crippen LogP contribution in [0, 0.1) is 0 Å². The first-order valence-electron chi connectivity index (χ1n) is 4.79. The normalized spacial score (nSPS) is 18.5. The number of amides is 1. The molecule has 1 amide bonds. The van der Waals surface area contributed by atoms with E-state index < -0.39 is 5.91 Å². The van der Waals surface area contributed by atoms with Crippen molar-refractivity contribution in [1.82, 2.24) is 0 Å². The Labute approximate surface area is 78.9 Å². The molecule has 0 saturated heterocycles. The van der Waals surface area contributed by atoms with Crippen molar-refractivity contribution in [2.45, 2.75) is 38.2 Å². The van der Waals surface area contributed by atoms with Crippen molar-refractivity contribution in [2.24, 2.45) is 5.73 Å². The highest BCUT2D eigenvalue weighted by Crippen LogP contribution is 2.20. The lowest BCUT2D eigenvalue weighted by molar-refractivity contribution is -0.115. The maximum absolute atomic E-state index is 10.6. The molecular weight excluding hydrogens is 166 g/mol. The van der Waals surface area contributed by atoms with Crippen LogP contribution in [0.2, 0.25) is 0 Å². The third-order valence-corrected chi connectivity index (χ3v) is 2.39. The van der Waals surface area contributed by atoms with Gasteiger partial charge in [0.15, 0.2) is 0 Å². The van der Waals surface area contributed by atoms with Gasteiger partial charge in [-0.2, -0.15) is 0 Å². The molecule has 74 valence electrons. The van der Waals surface area contributed by atoms with Crippen molar-refractivity contribution in [2.75, 3.05) is 6.61 Å². The van der Waals surface area contributed by atoms with Crippen LogP contribution < -0.4 is 5.73 Å². The van der Waals surface area contributed by atoms with E-state index in [4.69, 9.17) is 10.5 Å². The van der Waals surface area contributed by atoms with Gasteiger partial charge < -0.3 is 10.5 Å². The molecule has 0 aliphatic heterocycles. The fourth-order valence-corrected chi connectivity index (χ4v) is 1.52. The van der Waals surface area contributed by atoms with Crippen molar-refractivity contribution in [3.63, 3.8) is 0 Å². The van der Waals surface area contributed by atoms with E-state index in [0.29, 0.717) is 18.3 Å². The lowest BCUT2D eigenvalue weighted by Gasteiger charge is -2.21. The molecule has 3 nitrogen and oxygen atoms in total. The predicted octanol–water partition coefficient (Wildman–Crippen LogP) is 1.38. The molecule has 1 saturated carbocycles. The average molecular weight is 183 g/mol. The number of carbonyl (C=O) groups is 1. The van der Waals surface area contributed by atoms with E-state index in [1.807, 2.05) is 0 Å². The molecule has 0 aromatic carbocycles. The molecule has 0 heterocycles. The molecule has 3 heteroatoms. The average Bonchev–Trinajstić information content (AvgIpc) is 2.15. The maximum atomic E-state index is 10.6. The van der Waals surface area contributed by atoms with Crippen molar-refractivity contribution in [3.8, 4) is 0 Å². The summed E-state index contributed by atoms with van der Waals surface area (Å²) in [4.78, 5) is 10.6. The summed E-state index contributed by atoms with van der Waals surface area (Å²) in [7, 11) is 0. The van der Waals surface area contributed by atoms with Gasteiger partial charge in [-0.3, -0.25) is 4.79 Å². The molecule has 1 fully saturated rings. The van der Waals surface area contributed by atoms with Crippen molar-refractivity contribution in [1.29, 1.82) is 0 Å². The molecular formula is C10H17NO2. The van der Waals surface area contributed by atoms with Crippen LogP contribution in [0.3, 0.4) is 0 Å². The van der Waals surface area contributed by atoms with E-state index in [1.54, 1.807) is 0 Å². The first-order valence-corrected chi connectivity index (χ1v) is 4.79. The van der Waals surface area contributed by atoms with Crippen molar-refractivity contribution >= 4 is 5.91 Å². The number of ether oxygens (including phenoxy) is 1. The van der Waals surface area contributed by atoms with Crippen LogP contribution in [0.1, 0.15) is 32.1 Å². The van der Waals surface area contributed by atoms with Crippen LogP contribution >= 0.6 is 0 Å². The molecule has 1 aliphatic rings.